The molecule has 2 aliphatic rings. The van der Waals surface area contributed by atoms with Crippen LogP contribution < -0.4 is 15.4 Å². The molecule has 0 saturated heterocycles. The Morgan fingerprint density at radius 1 is 0.804 bits per heavy atom. The van der Waals surface area contributed by atoms with Crippen LogP contribution in [0.1, 0.15) is 79.2 Å². The van der Waals surface area contributed by atoms with E-state index in [0.29, 0.717) is 11.9 Å². The van der Waals surface area contributed by atoms with Gasteiger partial charge in [0.25, 0.3) is 0 Å². The van der Waals surface area contributed by atoms with E-state index in [4.69, 9.17) is 4.74 Å². The summed E-state index contributed by atoms with van der Waals surface area (Å²) >= 11 is 3.58. The Labute approximate surface area is 277 Å². The zero-order chi connectivity index (χ0) is 31.5. The predicted octanol–water partition coefficient (Wildman–Crippen LogP) is 8.62. The van der Waals surface area contributed by atoms with E-state index in [1.165, 1.54) is 50.8 Å². The third-order valence-electron chi connectivity index (χ3n) is 9.00. The van der Waals surface area contributed by atoms with Crippen LogP contribution in [0.3, 0.4) is 0 Å². The molecule has 0 saturated carbocycles. The largest absolute Gasteiger partial charge is 0.497 e. The van der Waals surface area contributed by atoms with Gasteiger partial charge in [-0.15, -0.1) is 0 Å². The molecule has 0 fully saturated rings. The van der Waals surface area contributed by atoms with E-state index in [9.17, 15) is 0 Å². The van der Waals surface area contributed by atoms with Gasteiger partial charge in [-0.2, -0.15) is 0 Å². The van der Waals surface area contributed by atoms with E-state index < -0.39 is 0 Å². The highest BCUT2D eigenvalue weighted by Gasteiger charge is 2.26. The maximum atomic E-state index is 5.36. The number of ether oxygens (including phenoxy) is 1. The molecule has 4 N–H and O–H groups in total. The summed E-state index contributed by atoms with van der Waals surface area (Å²) in [7, 11) is 1.71. The molecule has 0 aliphatic heterocycles. The molecule has 2 aromatic carbocycles. The molecule has 10 heteroatoms. The minimum atomic E-state index is 0.226. The molecule has 2 aliphatic carbocycles. The Morgan fingerprint density at radius 2 is 1.39 bits per heavy atom. The molecule has 9 nitrogen and oxygen atoms in total. The van der Waals surface area contributed by atoms with Gasteiger partial charge >= 0.3 is 0 Å². The van der Waals surface area contributed by atoms with Gasteiger partial charge in [0, 0.05) is 62.5 Å². The molecule has 6 aromatic rings. The van der Waals surface area contributed by atoms with Gasteiger partial charge in [-0.05, 0) is 104 Å². The number of H-pyrrole nitrogens is 2. The second kappa shape index (κ2) is 13.5. The number of aromatic amines is 2. The van der Waals surface area contributed by atoms with Crippen LogP contribution in [0.15, 0.2) is 71.7 Å². The zero-order valence-corrected chi connectivity index (χ0v) is 27.8. The van der Waals surface area contributed by atoms with Crippen molar-refractivity contribution in [1.82, 2.24) is 29.9 Å². The van der Waals surface area contributed by atoms with Crippen molar-refractivity contribution in [2.24, 2.45) is 0 Å². The summed E-state index contributed by atoms with van der Waals surface area (Å²) in [6.45, 7) is 2.17. The number of methoxy groups -OCH3 is 1. The van der Waals surface area contributed by atoms with Gasteiger partial charge in [0.2, 0.25) is 11.9 Å². The Morgan fingerprint density at radius 3 is 2.00 bits per heavy atom. The van der Waals surface area contributed by atoms with Crippen molar-refractivity contribution in [3.05, 3.63) is 99.8 Å². The van der Waals surface area contributed by atoms with Gasteiger partial charge in [-0.1, -0.05) is 29.3 Å². The number of nitrogens with zero attached hydrogens (tertiary/aromatic N) is 4. The lowest BCUT2D eigenvalue weighted by atomic mass is 9.92. The van der Waals surface area contributed by atoms with Crippen LogP contribution in [0.25, 0.3) is 21.8 Å². The first-order valence-corrected chi connectivity index (χ1v) is 17.0. The van der Waals surface area contributed by atoms with Crippen LogP contribution in [0.5, 0.6) is 5.75 Å². The maximum Gasteiger partial charge on any atom is 0.223 e. The molecular formula is C36H39BrN8O. The average Bonchev–Trinajstić information content (AvgIpc) is 3.65. The van der Waals surface area contributed by atoms with Gasteiger partial charge in [-0.25, -0.2) is 19.9 Å². The molecule has 4 aromatic heterocycles. The maximum absolute atomic E-state index is 5.36. The monoisotopic (exact) mass is 678 g/mol. The number of rotatable bonds is 7. The van der Waals surface area contributed by atoms with Crippen LogP contribution in [0, 0.1) is 0 Å². The molecule has 46 heavy (non-hydrogen) atoms. The Bertz CT molecular complexity index is 1940. The minimum absolute atomic E-state index is 0.226. The number of halogens is 1. The second-order valence-corrected chi connectivity index (χ2v) is 13.0. The average molecular weight is 680 g/mol. The van der Waals surface area contributed by atoms with Crippen molar-refractivity contribution in [1.29, 1.82) is 0 Å². The van der Waals surface area contributed by atoms with Crippen molar-refractivity contribution in [3.63, 3.8) is 0 Å². The highest BCUT2D eigenvalue weighted by molar-refractivity contribution is 9.10. The quantitative estimate of drug-likeness (QED) is 0.134. The molecule has 8 rings (SSSR count). The number of nitrogens with one attached hydrogen (secondary N) is 4. The first-order valence-electron chi connectivity index (χ1n) is 16.2. The van der Waals surface area contributed by atoms with Crippen LogP contribution in [0.2, 0.25) is 0 Å². The van der Waals surface area contributed by atoms with Crippen molar-refractivity contribution < 1.29 is 4.74 Å². The molecular weight excluding hydrogens is 640 g/mol. The van der Waals surface area contributed by atoms with Gasteiger partial charge in [0.05, 0.1) is 19.2 Å². The third kappa shape index (κ3) is 6.31. The number of hydrogen-bond donors (Lipinski definition) is 4. The first kappa shape index (κ1) is 30.2. The van der Waals surface area contributed by atoms with Gasteiger partial charge in [-0.3, -0.25) is 0 Å². The van der Waals surface area contributed by atoms with Crippen LogP contribution in [0.4, 0.5) is 11.9 Å². The SMILES string of the molecule is CCCc1cnc(NC2CCCc3c2[nH]c2ccc(Br)cc32)nc1.COc1ccc2[nH]c3c(c2c1)CCCC3Nc1ncccn1. The number of hydrogen-bond acceptors (Lipinski definition) is 7. The summed E-state index contributed by atoms with van der Waals surface area (Å²) in [5, 5.41) is 9.54. The smallest absolute Gasteiger partial charge is 0.223 e. The van der Waals surface area contributed by atoms with Gasteiger partial charge in [0.1, 0.15) is 5.75 Å². The summed E-state index contributed by atoms with van der Waals surface area (Å²) in [5.41, 5.74) is 8.91. The fraction of sp³-hybridized carbons (Fsp3) is 0.333. The minimum Gasteiger partial charge on any atom is -0.497 e. The van der Waals surface area contributed by atoms with E-state index >= 15 is 0 Å². The lowest BCUT2D eigenvalue weighted by molar-refractivity contribution is 0.415. The fourth-order valence-corrected chi connectivity index (χ4v) is 7.19. The fourth-order valence-electron chi connectivity index (χ4n) is 6.82. The topological polar surface area (TPSA) is 116 Å². The van der Waals surface area contributed by atoms with Crippen LogP contribution >= 0.6 is 15.9 Å². The molecule has 0 bridgehead atoms. The summed E-state index contributed by atoms with van der Waals surface area (Å²) in [4.78, 5) is 24.7. The van der Waals surface area contributed by atoms with Crippen molar-refractivity contribution >= 4 is 49.6 Å². The standard InChI is InChI=1S/C19H21BrN4.C17H18N4O/c1-2-4-12-10-21-19(22-11-12)24-17-6-3-5-14-15-9-13(20)7-8-16(15)23-18(14)17;1-22-11-6-7-14-13(10-11)12-4-2-5-15(16(12)20-14)21-17-18-8-3-9-19-17/h7-11,17,23H,2-6H2,1H3,(H,21,22,24);3,6-10,15,20H,2,4-5H2,1H3,(H,18,19,21). The highest BCUT2D eigenvalue weighted by Crippen LogP contribution is 2.38. The first-order chi connectivity index (χ1) is 22.6. The Hall–Kier alpha value is -4.44. The molecule has 0 amide bonds. The van der Waals surface area contributed by atoms with Gasteiger partial charge < -0.3 is 25.3 Å². The summed E-state index contributed by atoms with van der Waals surface area (Å²) in [5.74, 6) is 2.29. The van der Waals surface area contributed by atoms with Crippen LogP contribution in [-0.2, 0) is 19.3 Å². The number of benzene rings is 2. The van der Waals surface area contributed by atoms with E-state index in [0.717, 1.165) is 60.7 Å². The Kier molecular flexibility index (Phi) is 8.87. The third-order valence-corrected chi connectivity index (χ3v) is 9.49. The molecule has 2 unspecified atom stereocenters. The van der Waals surface area contributed by atoms with Gasteiger partial charge in [0.15, 0.2) is 0 Å². The number of aryl methyl sites for hydroxylation is 3. The molecule has 4 heterocycles. The number of fused-ring (bicyclic) bond motifs is 6. The summed E-state index contributed by atoms with van der Waals surface area (Å²) < 4.78 is 6.48. The van der Waals surface area contributed by atoms with E-state index in [-0.39, 0.29) is 12.1 Å². The highest BCUT2D eigenvalue weighted by atomic mass is 79.9. The Balaban J connectivity index is 0.000000147. The van der Waals surface area contributed by atoms with Crippen molar-refractivity contribution in [3.8, 4) is 5.75 Å². The molecule has 0 radical (unpaired) electrons. The van der Waals surface area contributed by atoms with E-state index in [1.807, 2.05) is 24.5 Å². The number of aromatic nitrogens is 6. The predicted molar refractivity (Wildman–Crippen MR) is 188 cm³/mol. The number of anilines is 2. The van der Waals surface area contributed by atoms with Crippen LogP contribution in [-0.4, -0.2) is 37.0 Å². The normalized spacial score (nSPS) is 17.1. The second-order valence-electron chi connectivity index (χ2n) is 12.1. The van der Waals surface area contributed by atoms with Crippen molar-refractivity contribution in [2.75, 3.05) is 17.7 Å². The molecule has 236 valence electrons. The molecule has 2 atom stereocenters. The van der Waals surface area contributed by atoms with E-state index in [2.05, 4.69) is 93.7 Å². The summed E-state index contributed by atoms with van der Waals surface area (Å²) in [6, 6.07) is 14.9. The lowest BCUT2D eigenvalue weighted by Gasteiger charge is -2.23. The summed E-state index contributed by atoms with van der Waals surface area (Å²) in [6.07, 6.45) is 16.3. The van der Waals surface area contributed by atoms with E-state index in [1.54, 1.807) is 19.5 Å². The lowest BCUT2D eigenvalue weighted by Crippen LogP contribution is -2.18. The zero-order valence-electron chi connectivity index (χ0n) is 26.2. The molecule has 0 spiro atoms. The van der Waals surface area contributed by atoms with Crippen molar-refractivity contribution in [2.45, 2.75) is 70.4 Å².